The van der Waals surface area contributed by atoms with Gasteiger partial charge >= 0.3 is 0 Å². The van der Waals surface area contributed by atoms with Gasteiger partial charge in [-0.1, -0.05) is 36.4 Å². The molecule has 2 aromatic carbocycles. The van der Waals surface area contributed by atoms with Crippen molar-refractivity contribution in [2.24, 2.45) is 4.99 Å². The molecule has 0 saturated carbocycles. The Morgan fingerprint density at radius 3 is 2.58 bits per heavy atom. The van der Waals surface area contributed by atoms with Crippen molar-refractivity contribution in [3.05, 3.63) is 90.1 Å². The van der Waals surface area contributed by atoms with Gasteiger partial charge in [0.1, 0.15) is 5.76 Å². The molecule has 2 aromatic heterocycles. The zero-order valence-electron chi connectivity index (χ0n) is 17.6. The number of para-hydroxylation sites is 2. The Morgan fingerprint density at radius 2 is 1.81 bits per heavy atom. The SMILES string of the molecule is CCNC(=NCc1ccc(Cn2cnc3ccccc32)cc1)NCCc1ccco1.I. The minimum absolute atomic E-state index is 0. The Balaban J connectivity index is 0.00000272. The molecule has 162 valence electrons. The number of imidazole rings is 1. The van der Waals surface area contributed by atoms with E-state index < -0.39 is 0 Å². The monoisotopic (exact) mass is 529 g/mol. The molecule has 0 unspecified atom stereocenters. The normalized spacial score (nSPS) is 11.3. The summed E-state index contributed by atoms with van der Waals surface area (Å²) < 4.78 is 7.55. The van der Waals surface area contributed by atoms with E-state index in [4.69, 9.17) is 9.41 Å². The summed E-state index contributed by atoms with van der Waals surface area (Å²) in [4.78, 5) is 9.16. The van der Waals surface area contributed by atoms with Crippen molar-refractivity contribution in [3.63, 3.8) is 0 Å². The maximum atomic E-state index is 5.37. The summed E-state index contributed by atoms with van der Waals surface area (Å²) in [6.07, 6.45) is 4.43. The lowest BCUT2D eigenvalue weighted by atomic mass is 10.1. The van der Waals surface area contributed by atoms with Gasteiger partial charge in [0.2, 0.25) is 0 Å². The first-order chi connectivity index (χ1) is 14.8. The number of nitrogens with zero attached hydrogens (tertiary/aromatic N) is 3. The van der Waals surface area contributed by atoms with Crippen molar-refractivity contribution in [3.8, 4) is 0 Å². The van der Waals surface area contributed by atoms with Crippen LogP contribution in [0, 0.1) is 0 Å². The van der Waals surface area contributed by atoms with Gasteiger partial charge in [-0.15, -0.1) is 24.0 Å². The topological polar surface area (TPSA) is 67.4 Å². The van der Waals surface area contributed by atoms with E-state index in [9.17, 15) is 0 Å². The van der Waals surface area contributed by atoms with Gasteiger partial charge in [0.05, 0.1) is 30.2 Å². The first-order valence-corrected chi connectivity index (χ1v) is 10.3. The summed E-state index contributed by atoms with van der Waals surface area (Å²) in [5, 5.41) is 6.64. The van der Waals surface area contributed by atoms with E-state index in [0.29, 0.717) is 6.54 Å². The first-order valence-electron chi connectivity index (χ1n) is 10.3. The van der Waals surface area contributed by atoms with E-state index in [0.717, 1.165) is 48.8 Å². The minimum Gasteiger partial charge on any atom is -0.469 e. The lowest BCUT2D eigenvalue weighted by Crippen LogP contribution is -2.38. The molecule has 7 heteroatoms. The lowest BCUT2D eigenvalue weighted by molar-refractivity contribution is 0.507. The van der Waals surface area contributed by atoms with Crippen molar-refractivity contribution in [2.75, 3.05) is 13.1 Å². The van der Waals surface area contributed by atoms with Gasteiger partial charge in [-0.05, 0) is 42.3 Å². The number of aromatic nitrogens is 2. The van der Waals surface area contributed by atoms with Gasteiger partial charge in [-0.2, -0.15) is 0 Å². The molecule has 4 aromatic rings. The van der Waals surface area contributed by atoms with Crippen LogP contribution in [-0.4, -0.2) is 28.6 Å². The molecule has 4 rings (SSSR count). The van der Waals surface area contributed by atoms with Crippen molar-refractivity contribution >= 4 is 41.0 Å². The number of hydrogen-bond acceptors (Lipinski definition) is 3. The van der Waals surface area contributed by atoms with Crippen LogP contribution in [0.1, 0.15) is 23.8 Å². The van der Waals surface area contributed by atoms with E-state index in [2.05, 4.69) is 57.4 Å². The number of fused-ring (bicyclic) bond motifs is 1. The molecule has 2 heterocycles. The number of guanidine groups is 1. The molecule has 0 spiro atoms. The fourth-order valence-electron chi connectivity index (χ4n) is 3.35. The highest BCUT2D eigenvalue weighted by Gasteiger charge is 2.03. The lowest BCUT2D eigenvalue weighted by Gasteiger charge is -2.11. The van der Waals surface area contributed by atoms with Crippen LogP contribution in [0.4, 0.5) is 0 Å². The van der Waals surface area contributed by atoms with E-state index in [1.807, 2.05) is 36.7 Å². The minimum atomic E-state index is 0. The fraction of sp³-hybridized carbons (Fsp3) is 0.250. The molecule has 0 bridgehead atoms. The molecule has 0 aliphatic carbocycles. The number of hydrogen-bond donors (Lipinski definition) is 2. The standard InChI is InChI=1S/C24H27N5O.HI/c1-2-25-24(26-14-13-21-6-5-15-30-21)27-16-19-9-11-20(12-10-19)17-29-18-28-22-7-3-4-8-23(22)29;/h3-12,15,18H,2,13-14,16-17H2,1H3,(H2,25,26,27);1H. The van der Waals surface area contributed by atoms with E-state index >= 15 is 0 Å². The van der Waals surface area contributed by atoms with Gasteiger partial charge < -0.3 is 19.6 Å². The van der Waals surface area contributed by atoms with Crippen molar-refractivity contribution < 1.29 is 4.42 Å². The summed E-state index contributed by atoms with van der Waals surface area (Å²) in [5.41, 5.74) is 4.60. The molecule has 0 atom stereocenters. The van der Waals surface area contributed by atoms with Gasteiger partial charge in [0, 0.05) is 26.1 Å². The van der Waals surface area contributed by atoms with Crippen LogP contribution in [0.25, 0.3) is 11.0 Å². The summed E-state index contributed by atoms with van der Waals surface area (Å²) in [6, 6.07) is 20.7. The Bertz CT molecular complexity index is 1090. The van der Waals surface area contributed by atoms with Crippen LogP contribution in [-0.2, 0) is 19.5 Å². The zero-order chi connectivity index (χ0) is 20.6. The number of furan rings is 1. The summed E-state index contributed by atoms with van der Waals surface area (Å²) in [5.74, 6) is 1.79. The van der Waals surface area contributed by atoms with E-state index in [1.165, 1.54) is 11.1 Å². The van der Waals surface area contributed by atoms with Gasteiger partial charge in [-0.25, -0.2) is 9.98 Å². The van der Waals surface area contributed by atoms with Gasteiger partial charge in [0.25, 0.3) is 0 Å². The molecular formula is C24H28IN5O. The number of aliphatic imine (C=N–C) groups is 1. The highest BCUT2D eigenvalue weighted by Crippen LogP contribution is 2.14. The fourth-order valence-corrected chi connectivity index (χ4v) is 3.35. The quantitative estimate of drug-likeness (QED) is 0.199. The molecule has 6 nitrogen and oxygen atoms in total. The van der Waals surface area contributed by atoms with E-state index in [-0.39, 0.29) is 24.0 Å². The molecule has 31 heavy (non-hydrogen) atoms. The Labute approximate surface area is 199 Å². The summed E-state index contributed by atoms with van der Waals surface area (Å²) >= 11 is 0. The zero-order valence-corrected chi connectivity index (χ0v) is 20.0. The van der Waals surface area contributed by atoms with Crippen molar-refractivity contribution in [1.82, 2.24) is 20.2 Å². The molecule has 0 fully saturated rings. The Hall–Kier alpha value is -2.81. The largest absolute Gasteiger partial charge is 0.469 e. The highest BCUT2D eigenvalue weighted by atomic mass is 127. The maximum Gasteiger partial charge on any atom is 0.191 e. The maximum absolute atomic E-state index is 5.37. The van der Waals surface area contributed by atoms with Crippen LogP contribution in [0.15, 0.2) is 82.7 Å². The van der Waals surface area contributed by atoms with Crippen LogP contribution in [0.3, 0.4) is 0 Å². The molecule has 0 aliphatic rings. The summed E-state index contributed by atoms with van der Waals surface area (Å²) in [6.45, 7) is 5.10. The molecule has 2 N–H and O–H groups in total. The molecule has 0 aliphatic heterocycles. The summed E-state index contributed by atoms with van der Waals surface area (Å²) in [7, 11) is 0. The third-order valence-electron chi connectivity index (χ3n) is 4.91. The average Bonchev–Trinajstić information content (AvgIpc) is 3.43. The van der Waals surface area contributed by atoms with Crippen LogP contribution in [0.2, 0.25) is 0 Å². The van der Waals surface area contributed by atoms with Crippen molar-refractivity contribution in [1.29, 1.82) is 0 Å². The Morgan fingerprint density at radius 1 is 1.00 bits per heavy atom. The third kappa shape index (κ3) is 6.33. The second-order valence-electron chi connectivity index (χ2n) is 7.13. The molecule has 0 radical (unpaired) electrons. The Kier molecular flexibility index (Phi) is 8.52. The molecule has 0 amide bonds. The first kappa shape index (κ1) is 22.9. The van der Waals surface area contributed by atoms with Crippen LogP contribution < -0.4 is 10.6 Å². The predicted octanol–water partition coefficient (Wildman–Crippen LogP) is 4.59. The predicted molar refractivity (Wildman–Crippen MR) is 136 cm³/mol. The average molecular weight is 529 g/mol. The van der Waals surface area contributed by atoms with Crippen molar-refractivity contribution in [2.45, 2.75) is 26.4 Å². The van der Waals surface area contributed by atoms with Crippen LogP contribution in [0.5, 0.6) is 0 Å². The number of rotatable bonds is 8. The molecule has 0 saturated heterocycles. The van der Waals surface area contributed by atoms with Crippen LogP contribution >= 0.6 is 24.0 Å². The molecular weight excluding hydrogens is 501 g/mol. The van der Waals surface area contributed by atoms with Gasteiger partial charge in [0.15, 0.2) is 5.96 Å². The number of halogens is 1. The number of nitrogens with one attached hydrogen (secondary N) is 2. The number of benzene rings is 2. The second kappa shape index (κ2) is 11.5. The third-order valence-corrected chi connectivity index (χ3v) is 4.91. The van der Waals surface area contributed by atoms with E-state index in [1.54, 1.807) is 6.26 Å². The highest BCUT2D eigenvalue weighted by molar-refractivity contribution is 14.0. The van der Waals surface area contributed by atoms with Gasteiger partial charge in [-0.3, -0.25) is 0 Å². The second-order valence-corrected chi connectivity index (χ2v) is 7.13. The smallest absolute Gasteiger partial charge is 0.191 e.